The van der Waals surface area contributed by atoms with E-state index in [0.29, 0.717) is 30.8 Å². The number of benzene rings is 1. The standard InChI is InChI=1S/C17H26ClNO2/c1-2-15-8-5-6-10-19(15)11-16(20)13-21-12-14-7-3-4-9-17(14)18/h3-4,7,9,15-16,20H,2,5-6,8,10-13H2,1H3. The second-order valence-corrected chi connectivity index (χ2v) is 6.22. The van der Waals surface area contributed by atoms with Crippen LogP contribution in [0.3, 0.4) is 0 Å². The summed E-state index contributed by atoms with van der Waals surface area (Å²) >= 11 is 6.08. The summed E-state index contributed by atoms with van der Waals surface area (Å²) in [4.78, 5) is 2.41. The zero-order valence-electron chi connectivity index (χ0n) is 12.8. The summed E-state index contributed by atoms with van der Waals surface area (Å²) in [7, 11) is 0. The first kappa shape index (κ1) is 16.8. The topological polar surface area (TPSA) is 32.7 Å². The van der Waals surface area contributed by atoms with Crippen LogP contribution in [-0.2, 0) is 11.3 Å². The van der Waals surface area contributed by atoms with E-state index in [1.54, 1.807) is 0 Å². The fourth-order valence-corrected chi connectivity index (χ4v) is 3.20. The molecule has 2 rings (SSSR count). The molecular weight excluding hydrogens is 286 g/mol. The average Bonchev–Trinajstić information content (AvgIpc) is 2.50. The Morgan fingerprint density at radius 3 is 2.95 bits per heavy atom. The van der Waals surface area contributed by atoms with E-state index in [1.807, 2.05) is 24.3 Å². The summed E-state index contributed by atoms with van der Waals surface area (Å²) in [6.07, 6.45) is 4.54. The Bertz CT molecular complexity index is 427. The van der Waals surface area contributed by atoms with Crippen molar-refractivity contribution in [1.82, 2.24) is 4.90 Å². The molecule has 1 heterocycles. The van der Waals surface area contributed by atoms with E-state index < -0.39 is 6.10 Å². The summed E-state index contributed by atoms with van der Waals surface area (Å²) in [6, 6.07) is 8.28. The van der Waals surface area contributed by atoms with Crippen molar-refractivity contribution in [2.45, 2.75) is 51.4 Å². The zero-order valence-corrected chi connectivity index (χ0v) is 13.6. The van der Waals surface area contributed by atoms with Crippen LogP contribution in [-0.4, -0.2) is 41.8 Å². The fourth-order valence-electron chi connectivity index (χ4n) is 3.01. The number of aliphatic hydroxyl groups is 1. The molecular formula is C17H26ClNO2. The number of rotatable bonds is 7. The van der Waals surface area contributed by atoms with E-state index in [0.717, 1.165) is 18.5 Å². The molecule has 0 spiro atoms. The van der Waals surface area contributed by atoms with Gasteiger partial charge in [0.25, 0.3) is 0 Å². The number of hydrogen-bond acceptors (Lipinski definition) is 3. The SMILES string of the molecule is CCC1CCCCN1CC(O)COCc1ccccc1Cl. The maximum absolute atomic E-state index is 10.2. The summed E-state index contributed by atoms with van der Waals surface area (Å²) in [5, 5.41) is 10.9. The van der Waals surface area contributed by atoms with Crippen LogP contribution in [0, 0.1) is 0 Å². The van der Waals surface area contributed by atoms with Gasteiger partial charge >= 0.3 is 0 Å². The molecule has 0 amide bonds. The maximum atomic E-state index is 10.2. The Hall–Kier alpha value is -0.610. The van der Waals surface area contributed by atoms with Crippen molar-refractivity contribution < 1.29 is 9.84 Å². The van der Waals surface area contributed by atoms with Crippen LogP contribution in [0.15, 0.2) is 24.3 Å². The van der Waals surface area contributed by atoms with Crippen molar-refractivity contribution in [3.8, 4) is 0 Å². The Labute approximate surface area is 132 Å². The molecule has 0 aromatic heterocycles. The molecule has 0 radical (unpaired) electrons. The zero-order chi connectivity index (χ0) is 15.1. The molecule has 4 heteroatoms. The monoisotopic (exact) mass is 311 g/mol. The Kier molecular flexibility index (Phi) is 6.97. The van der Waals surface area contributed by atoms with Gasteiger partial charge in [0.05, 0.1) is 19.3 Å². The third-order valence-electron chi connectivity index (χ3n) is 4.19. The molecule has 0 aliphatic carbocycles. The van der Waals surface area contributed by atoms with Crippen molar-refractivity contribution in [2.24, 2.45) is 0 Å². The Balaban J connectivity index is 1.72. The normalized spacial score (nSPS) is 21.4. The van der Waals surface area contributed by atoms with Crippen molar-refractivity contribution in [2.75, 3.05) is 19.7 Å². The van der Waals surface area contributed by atoms with E-state index in [4.69, 9.17) is 16.3 Å². The smallest absolute Gasteiger partial charge is 0.0900 e. The van der Waals surface area contributed by atoms with Gasteiger partial charge in [-0.1, -0.05) is 43.1 Å². The van der Waals surface area contributed by atoms with Crippen LogP contribution < -0.4 is 0 Å². The molecule has 1 aromatic carbocycles. The van der Waals surface area contributed by atoms with Gasteiger partial charge in [-0.05, 0) is 37.4 Å². The predicted octanol–water partition coefficient (Wildman–Crippen LogP) is 3.48. The van der Waals surface area contributed by atoms with Crippen LogP contribution in [0.5, 0.6) is 0 Å². The highest BCUT2D eigenvalue weighted by molar-refractivity contribution is 6.31. The second-order valence-electron chi connectivity index (χ2n) is 5.81. The van der Waals surface area contributed by atoms with Crippen molar-refractivity contribution in [3.05, 3.63) is 34.9 Å². The first-order valence-electron chi connectivity index (χ1n) is 7.94. The lowest BCUT2D eigenvalue weighted by molar-refractivity contribution is -0.00375. The highest BCUT2D eigenvalue weighted by atomic mass is 35.5. The lowest BCUT2D eigenvalue weighted by Crippen LogP contribution is -2.44. The number of ether oxygens (including phenoxy) is 1. The fraction of sp³-hybridized carbons (Fsp3) is 0.647. The molecule has 1 aliphatic rings. The number of piperidine rings is 1. The van der Waals surface area contributed by atoms with Crippen LogP contribution in [0.2, 0.25) is 5.02 Å². The van der Waals surface area contributed by atoms with Gasteiger partial charge in [-0.25, -0.2) is 0 Å². The van der Waals surface area contributed by atoms with E-state index in [2.05, 4.69) is 11.8 Å². The lowest BCUT2D eigenvalue weighted by Gasteiger charge is -2.36. The predicted molar refractivity (Wildman–Crippen MR) is 86.6 cm³/mol. The van der Waals surface area contributed by atoms with Gasteiger partial charge in [-0.15, -0.1) is 0 Å². The molecule has 3 nitrogen and oxygen atoms in total. The third kappa shape index (κ3) is 5.26. The van der Waals surface area contributed by atoms with Gasteiger partial charge in [0.1, 0.15) is 0 Å². The summed E-state index contributed by atoms with van der Waals surface area (Å²) in [5.41, 5.74) is 0.968. The molecule has 21 heavy (non-hydrogen) atoms. The molecule has 1 fully saturated rings. The third-order valence-corrected chi connectivity index (χ3v) is 4.56. The van der Waals surface area contributed by atoms with E-state index in [9.17, 15) is 5.11 Å². The van der Waals surface area contributed by atoms with Crippen molar-refractivity contribution in [3.63, 3.8) is 0 Å². The molecule has 2 unspecified atom stereocenters. The summed E-state index contributed by atoms with van der Waals surface area (Å²) < 4.78 is 5.61. The number of halogens is 1. The number of likely N-dealkylation sites (tertiary alicyclic amines) is 1. The lowest BCUT2D eigenvalue weighted by atomic mass is 10.00. The van der Waals surface area contributed by atoms with Gasteiger partial charge in [-0.3, -0.25) is 4.90 Å². The van der Waals surface area contributed by atoms with Gasteiger partial charge in [0, 0.05) is 17.6 Å². The highest BCUT2D eigenvalue weighted by Crippen LogP contribution is 2.20. The van der Waals surface area contributed by atoms with Crippen LogP contribution >= 0.6 is 11.6 Å². The second kappa shape index (κ2) is 8.74. The molecule has 2 atom stereocenters. The Morgan fingerprint density at radius 1 is 1.38 bits per heavy atom. The van der Waals surface area contributed by atoms with Gasteiger partial charge in [-0.2, -0.15) is 0 Å². The van der Waals surface area contributed by atoms with Gasteiger partial charge in [0.15, 0.2) is 0 Å². The van der Waals surface area contributed by atoms with E-state index >= 15 is 0 Å². The Morgan fingerprint density at radius 2 is 2.19 bits per heavy atom. The van der Waals surface area contributed by atoms with Crippen molar-refractivity contribution in [1.29, 1.82) is 0 Å². The first-order chi connectivity index (χ1) is 10.2. The number of aliphatic hydroxyl groups excluding tert-OH is 1. The van der Waals surface area contributed by atoms with E-state index in [1.165, 1.54) is 19.3 Å². The van der Waals surface area contributed by atoms with Crippen LogP contribution in [0.25, 0.3) is 0 Å². The molecule has 0 bridgehead atoms. The minimum absolute atomic E-state index is 0.359. The number of nitrogens with zero attached hydrogens (tertiary/aromatic N) is 1. The quantitative estimate of drug-likeness (QED) is 0.837. The van der Waals surface area contributed by atoms with Gasteiger partial charge < -0.3 is 9.84 Å². The molecule has 1 aromatic rings. The first-order valence-corrected chi connectivity index (χ1v) is 8.31. The minimum atomic E-state index is -0.431. The van der Waals surface area contributed by atoms with Crippen molar-refractivity contribution >= 4 is 11.6 Å². The largest absolute Gasteiger partial charge is 0.389 e. The van der Waals surface area contributed by atoms with Crippen LogP contribution in [0.1, 0.15) is 38.2 Å². The molecule has 0 saturated carbocycles. The molecule has 1 N–H and O–H groups in total. The maximum Gasteiger partial charge on any atom is 0.0900 e. The highest BCUT2D eigenvalue weighted by Gasteiger charge is 2.22. The van der Waals surface area contributed by atoms with Gasteiger partial charge in [0.2, 0.25) is 0 Å². The number of hydrogen-bond donors (Lipinski definition) is 1. The van der Waals surface area contributed by atoms with E-state index in [-0.39, 0.29) is 0 Å². The summed E-state index contributed by atoms with van der Waals surface area (Å²) in [6.45, 7) is 4.84. The molecule has 1 aliphatic heterocycles. The molecule has 118 valence electrons. The minimum Gasteiger partial charge on any atom is -0.389 e. The molecule has 1 saturated heterocycles. The average molecular weight is 312 g/mol. The van der Waals surface area contributed by atoms with Crippen LogP contribution in [0.4, 0.5) is 0 Å². The summed E-state index contributed by atoms with van der Waals surface area (Å²) in [5.74, 6) is 0. The number of β-amino-alcohol motifs (C(OH)–C–C–N with tert-alkyl or cyclic N) is 1.